The average molecular weight is 339 g/mol. The van der Waals surface area contributed by atoms with E-state index in [1.165, 1.54) is 19.3 Å². The molecule has 1 amide bonds. The fraction of sp³-hybridized carbons (Fsp3) is 0.450. The lowest BCUT2D eigenvalue weighted by atomic mass is 9.96. The fourth-order valence-electron chi connectivity index (χ4n) is 3.58. The van der Waals surface area contributed by atoms with Crippen molar-refractivity contribution in [2.45, 2.75) is 39.0 Å². The number of amides is 1. The molecule has 2 aromatic rings. The van der Waals surface area contributed by atoms with E-state index >= 15 is 0 Å². The van der Waals surface area contributed by atoms with Crippen LogP contribution in [0.4, 0.5) is 0 Å². The van der Waals surface area contributed by atoms with E-state index < -0.39 is 0 Å². The maximum atomic E-state index is 12.8. The number of H-pyrrole nitrogens is 1. The van der Waals surface area contributed by atoms with Crippen molar-refractivity contribution in [3.05, 3.63) is 52.6 Å². The number of carbonyl (C=O) groups excluding carboxylic acids is 1. The molecule has 0 spiro atoms. The molecule has 3 heterocycles. The van der Waals surface area contributed by atoms with Gasteiger partial charge < -0.3 is 9.88 Å². The Labute approximate surface area is 148 Å². The van der Waals surface area contributed by atoms with Crippen molar-refractivity contribution in [1.29, 1.82) is 0 Å². The van der Waals surface area contributed by atoms with Crippen LogP contribution in [0.25, 0.3) is 11.3 Å². The lowest BCUT2D eigenvalue weighted by molar-refractivity contribution is 0.0758. The van der Waals surface area contributed by atoms with Gasteiger partial charge >= 0.3 is 0 Å². The minimum atomic E-state index is -0.325. The van der Waals surface area contributed by atoms with Gasteiger partial charge in [-0.2, -0.15) is 0 Å². The predicted octanol–water partition coefficient (Wildman–Crippen LogP) is 3.48. The quantitative estimate of drug-likeness (QED) is 0.927. The lowest BCUT2D eigenvalue weighted by Crippen LogP contribution is -2.35. The Bertz CT molecular complexity index is 770. The van der Waals surface area contributed by atoms with Crippen LogP contribution in [0.1, 0.15) is 49.4 Å². The Morgan fingerprint density at radius 2 is 2.00 bits per heavy atom. The SMILES string of the molecule is CCC[C@H]1CCCN(C(=O)c2ccc(-c3ccncc3)[nH]c2=O)CC1. The second-order valence-corrected chi connectivity index (χ2v) is 6.73. The Kier molecular flexibility index (Phi) is 5.64. The lowest BCUT2D eigenvalue weighted by Gasteiger charge is -2.20. The maximum Gasteiger partial charge on any atom is 0.261 e. The molecule has 1 N–H and O–H groups in total. The van der Waals surface area contributed by atoms with Crippen LogP contribution in [0.5, 0.6) is 0 Å². The summed E-state index contributed by atoms with van der Waals surface area (Å²) in [7, 11) is 0. The monoisotopic (exact) mass is 339 g/mol. The number of carbonyl (C=O) groups is 1. The van der Waals surface area contributed by atoms with Gasteiger partial charge in [0.15, 0.2) is 0 Å². The highest BCUT2D eigenvalue weighted by Gasteiger charge is 2.23. The first kappa shape index (κ1) is 17.4. The average Bonchev–Trinajstić information content (AvgIpc) is 2.88. The van der Waals surface area contributed by atoms with Crippen LogP contribution in [-0.4, -0.2) is 33.9 Å². The second kappa shape index (κ2) is 8.10. The summed E-state index contributed by atoms with van der Waals surface area (Å²) in [4.78, 5) is 33.9. The number of aromatic amines is 1. The zero-order chi connectivity index (χ0) is 17.6. The summed E-state index contributed by atoms with van der Waals surface area (Å²) in [5.74, 6) is 0.551. The first-order chi connectivity index (χ1) is 12.2. The van der Waals surface area contributed by atoms with E-state index in [4.69, 9.17) is 0 Å². The molecule has 25 heavy (non-hydrogen) atoms. The molecule has 5 heteroatoms. The first-order valence-corrected chi connectivity index (χ1v) is 9.12. The number of hydrogen-bond acceptors (Lipinski definition) is 3. The van der Waals surface area contributed by atoms with Crippen LogP contribution in [0, 0.1) is 5.92 Å². The molecule has 1 saturated heterocycles. The van der Waals surface area contributed by atoms with E-state index in [9.17, 15) is 9.59 Å². The van der Waals surface area contributed by atoms with Gasteiger partial charge in [0, 0.05) is 36.7 Å². The Balaban J connectivity index is 1.75. The van der Waals surface area contributed by atoms with Crippen LogP contribution in [0.2, 0.25) is 0 Å². The third-order valence-corrected chi connectivity index (χ3v) is 4.96. The normalized spacial score (nSPS) is 18.0. The first-order valence-electron chi connectivity index (χ1n) is 9.12. The molecule has 1 aliphatic heterocycles. The van der Waals surface area contributed by atoms with Gasteiger partial charge in [-0.15, -0.1) is 0 Å². The summed E-state index contributed by atoms with van der Waals surface area (Å²) in [6.45, 7) is 3.69. The predicted molar refractivity (Wildman–Crippen MR) is 98.4 cm³/mol. The van der Waals surface area contributed by atoms with Gasteiger partial charge in [-0.25, -0.2) is 0 Å². The molecule has 1 atom stereocenters. The van der Waals surface area contributed by atoms with Crippen molar-refractivity contribution in [2.75, 3.05) is 13.1 Å². The van der Waals surface area contributed by atoms with E-state index in [0.717, 1.165) is 31.5 Å². The van der Waals surface area contributed by atoms with Gasteiger partial charge in [-0.1, -0.05) is 19.8 Å². The molecule has 1 aliphatic rings. The highest BCUT2D eigenvalue weighted by molar-refractivity contribution is 5.94. The van der Waals surface area contributed by atoms with E-state index in [2.05, 4.69) is 16.9 Å². The Morgan fingerprint density at radius 3 is 2.72 bits per heavy atom. The van der Waals surface area contributed by atoms with Crippen LogP contribution in [0.3, 0.4) is 0 Å². The summed E-state index contributed by atoms with van der Waals surface area (Å²) in [5, 5.41) is 0. The summed E-state index contributed by atoms with van der Waals surface area (Å²) in [6.07, 6.45) is 9.00. The van der Waals surface area contributed by atoms with Crippen molar-refractivity contribution in [1.82, 2.24) is 14.9 Å². The molecule has 0 saturated carbocycles. The Hall–Kier alpha value is -2.43. The Morgan fingerprint density at radius 1 is 1.20 bits per heavy atom. The van der Waals surface area contributed by atoms with Gasteiger partial charge in [0.25, 0.3) is 11.5 Å². The highest BCUT2D eigenvalue weighted by atomic mass is 16.2. The number of pyridine rings is 2. The standard InChI is InChI=1S/C20H25N3O2/c1-2-4-15-5-3-13-23(14-10-15)20(25)17-6-7-18(22-19(17)24)16-8-11-21-12-9-16/h6-9,11-12,15H,2-5,10,13-14H2,1H3,(H,22,24)/t15-/m0/s1. The molecule has 0 aromatic carbocycles. The third-order valence-electron chi connectivity index (χ3n) is 4.96. The number of likely N-dealkylation sites (tertiary alicyclic amines) is 1. The van der Waals surface area contributed by atoms with Gasteiger partial charge in [0.2, 0.25) is 0 Å². The molecular weight excluding hydrogens is 314 g/mol. The molecule has 0 aliphatic carbocycles. The molecule has 132 valence electrons. The highest BCUT2D eigenvalue weighted by Crippen LogP contribution is 2.22. The van der Waals surface area contributed by atoms with Crippen LogP contribution in [-0.2, 0) is 0 Å². The topological polar surface area (TPSA) is 66.1 Å². The van der Waals surface area contributed by atoms with E-state index in [0.29, 0.717) is 11.6 Å². The van der Waals surface area contributed by atoms with Gasteiger partial charge in [-0.3, -0.25) is 14.6 Å². The molecular formula is C20H25N3O2. The molecule has 1 fully saturated rings. The molecule has 5 nitrogen and oxygen atoms in total. The number of nitrogens with one attached hydrogen (secondary N) is 1. The fourth-order valence-corrected chi connectivity index (χ4v) is 3.58. The minimum absolute atomic E-state index is 0.153. The van der Waals surface area contributed by atoms with E-state index in [-0.39, 0.29) is 17.0 Å². The molecule has 0 radical (unpaired) electrons. The van der Waals surface area contributed by atoms with Crippen molar-refractivity contribution >= 4 is 5.91 Å². The van der Waals surface area contributed by atoms with Gasteiger partial charge in [0.1, 0.15) is 5.56 Å². The summed E-state index contributed by atoms with van der Waals surface area (Å²) >= 11 is 0. The molecule has 2 aromatic heterocycles. The van der Waals surface area contributed by atoms with Crippen LogP contribution >= 0.6 is 0 Å². The zero-order valence-corrected chi connectivity index (χ0v) is 14.7. The number of aromatic nitrogens is 2. The van der Waals surface area contributed by atoms with Crippen molar-refractivity contribution in [3.8, 4) is 11.3 Å². The van der Waals surface area contributed by atoms with Crippen LogP contribution in [0.15, 0.2) is 41.5 Å². The largest absolute Gasteiger partial charge is 0.338 e. The molecule has 0 unspecified atom stereocenters. The number of rotatable bonds is 4. The number of nitrogens with zero attached hydrogens (tertiary/aromatic N) is 2. The second-order valence-electron chi connectivity index (χ2n) is 6.73. The van der Waals surface area contributed by atoms with Crippen molar-refractivity contribution in [3.63, 3.8) is 0 Å². The minimum Gasteiger partial charge on any atom is -0.338 e. The van der Waals surface area contributed by atoms with E-state index in [1.807, 2.05) is 17.0 Å². The summed E-state index contributed by atoms with van der Waals surface area (Å²) < 4.78 is 0. The van der Waals surface area contributed by atoms with Crippen molar-refractivity contribution < 1.29 is 4.79 Å². The summed E-state index contributed by atoms with van der Waals surface area (Å²) in [5.41, 5.74) is 1.48. The van der Waals surface area contributed by atoms with Gasteiger partial charge in [0.05, 0.1) is 0 Å². The molecule has 0 bridgehead atoms. The smallest absolute Gasteiger partial charge is 0.261 e. The van der Waals surface area contributed by atoms with Crippen LogP contribution < -0.4 is 5.56 Å². The third kappa shape index (κ3) is 4.16. The van der Waals surface area contributed by atoms with Crippen molar-refractivity contribution in [2.24, 2.45) is 5.92 Å². The van der Waals surface area contributed by atoms with Gasteiger partial charge in [-0.05, 0) is 49.4 Å². The zero-order valence-electron chi connectivity index (χ0n) is 14.7. The van der Waals surface area contributed by atoms with E-state index in [1.54, 1.807) is 24.5 Å². The maximum absolute atomic E-state index is 12.8. The number of hydrogen-bond donors (Lipinski definition) is 1. The summed E-state index contributed by atoms with van der Waals surface area (Å²) in [6, 6.07) is 7.10. The molecule has 3 rings (SSSR count).